The van der Waals surface area contributed by atoms with Crippen molar-refractivity contribution in [2.75, 3.05) is 25.6 Å². The molecule has 0 spiro atoms. The van der Waals surface area contributed by atoms with Crippen LogP contribution < -0.4 is 5.32 Å². The van der Waals surface area contributed by atoms with Gasteiger partial charge in [0.25, 0.3) is 0 Å². The molecule has 0 saturated heterocycles. The second-order valence-electron chi connectivity index (χ2n) is 3.52. The summed E-state index contributed by atoms with van der Waals surface area (Å²) in [4.78, 5) is 7.29. The predicted molar refractivity (Wildman–Crippen MR) is 61.0 cm³/mol. The van der Waals surface area contributed by atoms with Crippen LogP contribution in [0.4, 0.5) is 10.3 Å². The zero-order chi connectivity index (χ0) is 11.4. The molecule has 1 aromatic carbocycles. The molecule has 0 bridgehead atoms. The van der Waals surface area contributed by atoms with Gasteiger partial charge >= 0.3 is 0 Å². The van der Waals surface area contributed by atoms with Gasteiger partial charge in [-0.2, -0.15) is 0 Å². The molecular weight excluding hydrogens is 209 g/mol. The van der Waals surface area contributed by atoms with Crippen LogP contribution in [-0.2, 0) is 4.74 Å². The number of aromatic nitrogens is 2. The molecule has 0 aliphatic heterocycles. The third-order valence-electron chi connectivity index (χ3n) is 2.26. The molecule has 16 heavy (non-hydrogen) atoms. The molecule has 0 radical (unpaired) electrons. The number of hydrogen-bond acceptors (Lipinski definition) is 3. The lowest BCUT2D eigenvalue weighted by Crippen LogP contribution is -2.05. The monoisotopic (exact) mass is 223 g/mol. The van der Waals surface area contributed by atoms with E-state index >= 15 is 0 Å². The van der Waals surface area contributed by atoms with E-state index in [-0.39, 0.29) is 5.82 Å². The lowest BCUT2D eigenvalue weighted by molar-refractivity contribution is 0.197. The third-order valence-corrected chi connectivity index (χ3v) is 2.26. The smallest absolute Gasteiger partial charge is 0.201 e. The molecule has 0 atom stereocenters. The second kappa shape index (κ2) is 4.94. The van der Waals surface area contributed by atoms with Gasteiger partial charge in [0.1, 0.15) is 5.82 Å². The third kappa shape index (κ3) is 2.49. The first-order chi connectivity index (χ1) is 7.79. The highest BCUT2D eigenvalue weighted by Crippen LogP contribution is 2.15. The highest BCUT2D eigenvalue weighted by molar-refractivity contribution is 5.77. The number of ether oxygens (including phenoxy) is 1. The average molecular weight is 223 g/mol. The van der Waals surface area contributed by atoms with Crippen LogP contribution in [0, 0.1) is 5.82 Å². The normalized spacial score (nSPS) is 10.9. The van der Waals surface area contributed by atoms with Crippen molar-refractivity contribution in [1.29, 1.82) is 0 Å². The lowest BCUT2D eigenvalue weighted by Gasteiger charge is -2.00. The van der Waals surface area contributed by atoms with E-state index in [1.54, 1.807) is 13.2 Å². The van der Waals surface area contributed by atoms with Crippen molar-refractivity contribution in [1.82, 2.24) is 9.97 Å². The van der Waals surface area contributed by atoms with Crippen molar-refractivity contribution in [3.63, 3.8) is 0 Å². The maximum atomic E-state index is 12.9. The molecule has 5 heteroatoms. The van der Waals surface area contributed by atoms with E-state index in [4.69, 9.17) is 4.74 Å². The Morgan fingerprint density at radius 3 is 3.19 bits per heavy atom. The van der Waals surface area contributed by atoms with Crippen LogP contribution in [0.25, 0.3) is 11.0 Å². The van der Waals surface area contributed by atoms with E-state index in [1.807, 2.05) is 0 Å². The Kier molecular flexibility index (Phi) is 3.36. The Morgan fingerprint density at radius 1 is 1.50 bits per heavy atom. The molecule has 2 rings (SSSR count). The summed E-state index contributed by atoms with van der Waals surface area (Å²) >= 11 is 0. The molecule has 2 N–H and O–H groups in total. The van der Waals surface area contributed by atoms with Crippen molar-refractivity contribution in [3.8, 4) is 0 Å². The molecule has 1 heterocycles. The van der Waals surface area contributed by atoms with E-state index in [2.05, 4.69) is 15.3 Å². The van der Waals surface area contributed by atoms with Crippen molar-refractivity contribution >= 4 is 17.0 Å². The second-order valence-corrected chi connectivity index (χ2v) is 3.52. The topological polar surface area (TPSA) is 49.9 Å². The van der Waals surface area contributed by atoms with Crippen LogP contribution >= 0.6 is 0 Å². The van der Waals surface area contributed by atoms with Gasteiger partial charge in [-0.15, -0.1) is 0 Å². The molecule has 2 aromatic rings. The van der Waals surface area contributed by atoms with E-state index in [0.29, 0.717) is 18.1 Å². The molecule has 0 aliphatic carbocycles. The number of anilines is 1. The van der Waals surface area contributed by atoms with Crippen LogP contribution in [0.15, 0.2) is 18.2 Å². The number of hydrogen-bond donors (Lipinski definition) is 2. The molecule has 0 aliphatic rings. The van der Waals surface area contributed by atoms with E-state index in [9.17, 15) is 4.39 Å². The highest BCUT2D eigenvalue weighted by atomic mass is 19.1. The maximum Gasteiger partial charge on any atom is 0.201 e. The summed E-state index contributed by atoms with van der Waals surface area (Å²) in [6.07, 6.45) is 0.905. The van der Waals surface area contributed by atoms with Crippen molar-refractivity contribution in [2.45, 2.75) is 6.42 Å². The summed E-state index contributed by atoms with van der Waals surface area (Å²) < 4.78 is 17.8. The van der Waals surface area contributed by atoms with Gasteiger partial charge in [0.05, 0.1) is 11.0 Å². The van der Waals surface area contributed by atoms with Gasteiger partial charge in [0.15, 0.2) is 0 Å². The summed E-state index contributed by atoms with van der Waals surface area (Å²) in [7, 11) is 1.67. The summed E-state index contributed by atoms with van der Waals surface area (Å²) in [5.74, 6) is 0.402. The average Bonchev–Trinajstić information content (AvgIpc) is 2.66. The number of aromatic amines is 1. The minimum absolute atomic E-state index is 0.262. The Bertz CT molecular complexity index is 469. The molecule has 0 amide bonds. The molecular formula is C11H14FN3O. The van der Waals surface area contributed by atoms with Gasteiger partial charge < -0.3 is 15.0 Å². The van der Waals surface area contributed by atoms with E-state index in [0.717, 1.165) is 18.5 Å². The number of imidazole rings is 1. The quantitative estimate of drug-likeness (QED) is 0.763. The SMILES string of the molecule is COCCCNc1nc2ccc(F)cc2[nH]1. The fourth-order valence-corrected chi connectivity index (χ4v) is 1.49. The fourth-order valence-electron chi connectivity index (χ4n) is 1.49. The summed E-state index contributed by atoms with van der Waals surface area (Å²) in [5.41, 5.74) is 1.46. The van der Waals surface area contributed by atoms with Crippen LogP contribution in [0.2, 0.25) is 0 Å². The zero-order valence-corrected chi connectivity index (χ0v) is 9.09. The minimum atomic E-state index is -0.262. The summed E-state index contributed by atoms with van der Waals surface area (Å²) in [5, 5.41) is 3.12. The van der Waals surface area contributed by atoms with E-state index < -0.39 is 0 Å². The first-order valence-electron chi connectivity index (χ1n) is 5.17. The van der Waals surface area contributed by atoms with Crippen LogP contribution in [0.3, 0.4) is 0 Å². The molecule has 1 aromatic heterocycles. The molecule has 0 unspecified atom stereocenters. The summed E-state index contributed by atoms with van der Waals surface area (Å²) in [6.45, 7) is 1.48. The fraction of sp³-hybridized carbons (Fsp3) is 0.364. The Hall–Kier alpha value is -1.62. The number of halogens is 1. The molecule has 0 fully saturated rings. The van der Waals surface area contributed by atoms with Crippen LogP contribution in [-0.4, -0.2) is 30.2 Å². The lowest BCUT2D eigenvalue weighted by atomic mass is 10.3. The van der Waals surface area contributed by atoms with Crippen LogP contribution in [0.5, 0.6) is 0 Å². The van der Waals surface area contributed by atoms with Gasteiger partial charge in [-0.05, 0) is 24.6 Å². The van der Waals surface area contributed by atoms with Gasteiger partial charge in [-0.3, -0.25) is 0 Å². The van der Waals surface area contributed by atoms with Crippen LogP contribution in [0.1, 0.15) is 6.42 Å². The maximum absolute atomic E-state index is 12.9. The van der Waals surface area contributed by atoms with Gasteiger partial charge in [-0.1, -0.05) is 0 Å². The molecule has 0 saturated carbocycles. The number of rotatable bonds is 5. The van der Waals surface area contributed by atoms with Gasteiger partial charge in [0, 0.05) is 20.3 Å². The number of fused-ring (bicyclic) bond motifs is 1. The van der Waals surface area contributed by atoms with E-state index in [1.165, 1.54) is 12.1 Å². The Balaban J connectivity index is 2.02. The first-order valence-corrected chi connectivity index (χ1v) is 5.17. The van der Waals surface area contributed by atoms with Gasteiger partial charge in [0.2, 0.25) is 5.95 Å². The van der Waals surface area contributed by atoms with Crippen molar-refractivity contribution in [3.05, 3.63) is 24.0 Å². The molecule has 86 valence electrons. The molecule has 4 nitrogen and oxygen atoms in total. The van der Waals surface area contributed by atoms with Crippen molar-refractivity contribution in [2.24, 2.45) is 0 Å². The number of nitrogens with one attached hydrogen (secondary N) is 2. The largest absolute Gasteiger partial charge is 0.385 e. The Labute approximate surface area is 92.8 Å². The summed E-state index contributed by atoms with van der Waals surface area (Å²) in [6, 6.07) is 4.49. The number of nitrogens with zero attached hydrogens (tertiary/aromatic N) is 1. The standard InChI is InChI=1S/C11H14FN3O/c1-16-6-2-5-13-11-14-9-4-3-8(12)7-10(9)15-11/h3-4,7H,2,5-6H2,1H3,(H2,13,14,15). The number of benzene rings is 1. The zero-order valence-electron chi connectivity index (χ0n) is 9.09. The first kappa shape index (κ1) is 10.9. The van der Waals surface area contributed by atoms with Crippen molar-refractivity contribution < 1.29 is 9.13 Å². The highest BCUT2D eigenvalue weighted by Gasteiger charge is 2.02. The minimum Gasteiger partial charge on any atom is -0.385 e. The Morgan fingerprint density at radius 2 is 2.38 bits per heavy atom. The van der Waals surface area contributed by atoms with Gasteiger partial charge in [-0.25, -0.2) is 9.37 Å². The predicted octanol–water partition coefficient (Wildman–Crippen LogP) is 2.15. The number of H-pyrrole nitrogens is 1. The number of methoxy groups -OCH3 is 1.